The van der Waals surface area contributed by atoms with Crippen LogP contribution in [0.4, 0.5) is 11.4 Å². The third-order valence-electron chi connectivity index (χ3n) is 5.09. The molecule has 0 spiro atoms. The Balaban J connectivity index is 1.51. The Kier molecular flexibility index (Phi) is 8.02. The maximum absolute atomic E-state index is 12.5. The van der Waals surface area contributed by atoms with Gasteiger partial charge in [0.2, 0.25) is 10.0 Å². The molecule has 0 bridgehead atoms. The molecule has 1 aliphatic carbocycles. The molecule has 2 aromatic carbocycles. The van der Waals surface area contributed by atoms with Crippen LogP contribution in [0.1, 0.15) is 42.5 Å². The highest BCUT2D eigenvalue weighted by Crippen LogP contribution is 2.21. The van der Waals surface area contributed by atoms with E-state index in [4.69, 9.17) is 9.88 Å². The van der Waals surface area contributed by atoms with Crippen LogP contribution in [0, 0.1) is 0 Å². The highest BCUT2D eigenvalue weighted by molar-refractivity contribution is 7.89. The molecule has 0 radical (unpaired) electrons. The number of benzene rings is 2. The van der Waals surface area contributed by atoms with Crippen molar-refractivity contribution in [1.29, 1.82) is 0 Å². The van der Waals surface area contributed by atoms with Gasteiger partial charge in [0.05, 0.1) is 10.5 Å². The van der Waals surface area contributed by atoms with Crippen molar-refractivity contribution < 1.29 is 22.7 Å². The van der Waals surface area contributed by atoms with Gasteiger partial charge in [0, 0.05) is 17.9 Å². The zero-order chi connectivity index (χ0) is 23.0. The molecule has 8 nitrogen and oxygen atoms in total. The molecular weight excluding hydrogens is 430 g/mol. The molecule has 0 saturated carbocycles. The van der Waals surface area contributed by atoms with Crippen LogP contribution in [-0.4, -0.2) is 33.4 Å². The predicted molar refractivity (Wildman–Crippen MR) is 123 cm³/mol. The van der Waals surface area contributed by atoms with Gasteiger partial charge in [0.1, 0.15) is 0 Å². The maximum Gasteiger partial charge on any atom is 0.340 e. The molecule has 0 saturated heterocycles. The Bertz CT molecular complexity index is 1090. The molecule has 1 aliphatic rings. The Morgan fingerprint density at radius 1 is 1.03 bits per heavy atom. The molecular formula is C23H27N3O5S. The fourth-order valence-corrected chi connectivity index (χ4v) is 3.95. The minimum absolute atomic E-state index is 0.0641. The number of hydrogen-bond donors (Lipinski definition) is 3. The summed E-state index contributed by atoms with van der Waals surface area (Å²) < 4.78 is 27.7. The maximum atomic E-state index is 12.5. The number of allylic oxidation sites excluding steroid dienone is 1. The number of sulfonamides is 1. The highest BCUT2D eigenvalue weighted by Gasteiger charge is 2.15. The summed E-state index contributed by atoms with van der Waals surface area (Å²) in [4.78, 5) is 24.6. The molecule has 0 unspecified atom stereocenters. The van der Waals surface area contributed by atoms with Crippen LogP contribution in [0.3, 0.4) is 0 Å². The number of carbonyl (C=O) groups excluding carboxylic acids is 2. The second kappa shape index (κ2) is 10.9. The van der Waals surface area contributed by atoms with Crippen LogP contribution >= 0.6 is 0 Å². The third kappa shape index (κ3) is 6.93. The van der Waals surface area contributed by atoms with Crippen molar-refractivity contribution in [3.05, 3.63) is 65.7 Å². The number of carbonyl (C=O) groups is 2. The molecule has 0 aromatic heterocycles. The Morgan fingerprint density at radius 2 is 1.78 bits per heavy atom. The summed E-state index contributed by atoms with van der Waals surface area (Å²) in [5, 5.41) is 10.9. The zero-order valence-electron chi connectivity index (χ0n) is 17.7. The van der Waals surface area contributed by atoms with E-state index in [1.165, 1.54) is 42.7 Å². The average Bonchev–Trinajstić information content (AvgIpc) is 2.78. The molecule has 0 aliphatic heterocycles. The number of para-hydroxylation sites is 1. The minimum Gasteiger partial charge on any atom is -0.452 e. The molecule has 1 amide bonds. The number of nitrogens with two attached hydrogens (primary N) is 1. The summed E-state index contributed by atoms with van der Waals surface area (Å²) in [7, 11) is -3.81. The molecule has 170 valence electrons. The molecule has 0 fully saturated rings. The lowest BCUT2D eigenvalue weighted by atomic mass is 9.97. The summed E-state index contributed by atoms with van der Waals surface area (Å²) in [6.07, 6.45) is 7.97. The van der Waals surface area contributed by atoms with Crippen LogP contribution in [0.5, 0.6) is 0 Å². The first-order valence-corrected chi connectivity index (χ1v) is 12.0. The number of rotatable bonds is 9. The first-order chi connectivity index (χ1) is 15.3. The standard InChI is InChI=1S/C23H27N3O5S/c24-32(29,30)19-12-10-18(11-13-19)26-22(27)16-31-23(28)20-8-4-5-9-21(20)25-15-14-17-6-2-1-3-7-17/h4-6,8-13,25H,1-3,7,14-16H2,(H,26,27)(H2,24,29,30). The summed E-state index contributed by atoms with van der Waals surface area (Å²) >= 11 is 0. The summed E-state index contributed by atoms with van der Waals surface area (Å²) in [6, 6.07) is 12.4. The van der Waals surface area contributed by atoms with E-state index in [0.29, 0.717) is 23.5 Å². The predicted octanol–water partition coefficient (Wildman–Crippen LogP) is 3.43. The number of esters is 1. The van der Waals surface area contributed by atoms with E-state index in [1.807, 2.05) is 6.07 Å². The Hall–Kier alpha value is -3.17. The molecule has 3 rings (SSSR count). The second-order valence-corrected chi connectivity index (χ2v) is 9.09. The van der Waals surface area contributed by atoms with Crippen molar-refractivity contribution in [2.24, 2.45) is 5.14 Å². The van der Waals surface area contributed by atoms with Gasteiger partial charge in [0.15, 0.2) is 6.61 Å². The van der Waals surface area contributed by atoms with E-state index in [0.717, 1.165) is 19.3 Å². The average molecular weight is 458 g/mol. The fourth-order valence-electron chi connectivity index (χ4n) is 3.44. The number of nitrogens with one attached hydrogen (secondary N) is 2. The van der Waals surface area contributed by atoms with Gasteiger partial charge < -0.3 is 15.4 Å². The molecule has 0 heterocycles. The van der Waals surface area contributed by atoms with Gasteiger partial charge in [-0.3, -0.25) is 4.79 Å². The van der Waals surface area contributed by atoms with Gasteiger partial charge in [-0.05, 0) is 68.5 Å². The van der Waals surface area contributed by atoms with E-state index >= 15 is 0 Å². The molecule has 4 N–H and O–H groups in total. The van der Waals surface area contributed by atoms with E-state index in [1.54, 1.807) is 18.2 Å². The Morgan fingerprint density at radius 3 is 2.47 bits per heavy atom. The molecule has 2 aromatic rings. The number of hydrogen-bond acceptors (Lipinski definition) is 6. The van der Waals surface area contributed by atoms with Crippen LogP contribution in [0.25, 0.3) is 0 Å². The minimum atomic E-state index is -3.81. The van der Waals surface area contributed by atoms with Crippen molar-refractivity contribution in [3.63, 3.8) is 0 Å². The highest BCUT2D eigenvalue weighted by atomic mass is 32.2. The quantitative estimate of drug-likeness (QED) is 0.391. The molecule has 32 heavy (non-hydrogen) atoms. The Labute approximate surface area is 187 Å². The van der Waals surface area contributed by atoms with Crippen molar-refractivity contribution >= 4 is 33.3 Å². The van der Waals surface area contributed by atoms with Gasteiger partial charge in [-0.2, -0.15) is 0 Å². The van der Waals surface area contributed by atoms with Crippen molar-refractivity contribution in [1.82, 2.24) is 0 Å². The van der Waals surface area contributed by atoms with Crippen molar-refractivity contribution in [2.75, 3.05) is 23.8 Å². The summed E-state index contributed by atoms with van der Waals surface area (Å²) in [5.41, 5.74) is 2.82. The monoisotopic (exact) mass is 457 g/mol. The van der Waals surface area contributed by atoms with Gasteiger partial charge in [-0.1, -0.05) is 23.8 Å². The lowest BCUT2D eigenvalue weighted by Gasteiger charge is -2.15. The number of amides is 1. The molecule has 0 atom stereocenters. The van der Waals surface area contributed by atoms with Gasteiger partial charge in [-0.25, -0.2) is 18.4 Å². The summed E-state index contributed by atoms with van der Waals surface area (Å²) in [5.74, 6) is -1.15. The number of anilines is 2. The fraction of sp³-hybridized carbons (Fsp3) is 0.304. The topological polar surface area (TPSA) is 128 Å². The van der Waals surface area contributed by atoms with Crippen molar-refractivity contribution in [2.45, 2.75) is 37.0 Å². The SMILES string of the molecule is NS(=O)(=O)c1ccc(NC(=O)COC(=O)c2ccccc2NCCC2=CCCCC2)cc1. The first-order valence-electron chi connectivity index (χ1n) is 10.4. The van der Waals surface area contributed by atoms with E-state index < -0.39 is 28.5 Å². The zero-order valence-corrected chi connectivity index (χ0v) is 18.5. The largest absolute Gasteiger partial charge is 0.452 e. The second-order valence-electron chi connectivity index (χ2n) is 7.52. The van der Waals surface area contributed by atoms with Crippen LogP contribution in [0.2, 0.25) is 0 Å². The summed E-state index contributed by atoms with van der Waals surface area (Å²) in [6.45, 7) is 0.238. The number of primary sulfonamides is 1. The van der Waals surface area contributed by atoms with Gasteiger partial charge >= 0.3 is 5.97 Å². The van der Waals surface area contributed by atoms with E-state index in [9.17, 15) is 18.0 Å². The lowest BCUT2D eigenvalue weighted by Crippen LogP contribution is -2.21. The normalized spacial score (nSPS) is 13.7. The van der Waals surface area contributed by atoms with Gasteiger partial charge in [-0.15, -0.1) is 0 Å². The number of ether oxygens (including phenoxy) is 1. The van der Waals surface area contributed by atoms with Crippen molar-refractivity contribution in [3.8, 4) is 0 Å². The van der Waals surface area contributed by atoms with E-state index in [2.05, 4.69) is 16.7 Å². The lowest BCUT2D eigenvalue weighted by molar-refractivity contribution is -0.119. The van der Waals surface area contributed by atoms with E-state index in [-0.39, 0.29) is 4.90 Å². The first kappa shape index (κ1) is 23.5. The van der Waals surface area contributed by atoms with Gasteiger partial charge in [0.25, 0.3) is 5.91 Å². The van der Waals surface area contributed by atoms with Crippen LogP contribution in [-0.2, 0) is 19.6 Å². The molecule has 9 heteroatoms. The van der Waals surface area contributed by atoms with Crippen LogP contribution < -0.4 is 15.8 Å². The van der Waals surface area contributed by atoms with Crippen LogP contribution in [0.15, 0.2) is 65.1 Å². The smallest absolute Gasteiger partial charge is 0.340 e. The third-order valence-corrected chi connectivity index (χ3v) is 6.02.